The summed E-state index contributed by atoms with van der Waals surface area (Å²) in [4.78, 5) is 2.61. The van der Waals surface area contributed by atoms with Gasteiger partial charge in [-0.2, -0.15) is 0 Å². The van der Waals surface area contributed by atoms with Gasteiger partial charge in [-0.15, -0.1) is 0 Å². The fourth-order valence-corrected chi connectivity index (χ4v) is 2.90. The topological polar surface area (TPSA) is 24.5 Å². The van der Waals surface area contributed by atoms with Crippen molar-refractivity contribution in [2.45, 2.75) is 25.0 Å². The van der Waals surface area contributed by atoms with Crippen molar-refractivity contribution < 1.29 is 4.74 Å². The molecule has 0 aliphatic carbocycles. The highest BCUT2D eigenvalue weighted by molar-refractivity contribution is 5.16. The molecule has 2 aliphatic rings. The summed E-state index contributed by atoms with van der Waals surface area (Å²) in [6.45, 7) is 7.22. The van der Waals surface area contributed by atoms with Crippen LogP contribution >= 0.6 is 0 Å². The van der Waals surface area contributed by atoms with Crippen LogP contribution in [-0.2, 0) is 11.3 Å². The zero-order valence-corrected chi connectivity index (χ0v) is 10.4. The Morgan fingerprint density at radius 1 is 1.35 bits per heavy atom. The van der Waals surface area contributed by atoms with E-state index in [1.165, 1.54) is 5.56 Å². The van der Waals surface area contributed by atoms with Crippen LogP contribution in [0.4, 0.5) is 0 Å². The molecule has 3 heteroatoms. The molecule has 3 nitrogen and oxygen atoms in total. The van der Waals surface area contributed by atoms with Crippen LogP contribution in [0.5, 0.6) is 0 Å². The highest BCUT2D eigenvalue weighted by Crippen LogP contribution is 2.30. The van der Waals surface area contributed by atoms with Gasteiger partial charge in [0.05, 0.1) is 18.8 Å². The molecule has 1 spiro atoms. The molecule has 0 saturated carbocycles. The van der Waals surface area contributed by atoms with Gasteiger partial charge in [0.25, 0.3) is 0 Å². The number of nitrogens with zero attached hydrogens (tertiary/aromatic N) is 1. The van der Waals surface area contributed by atoms with E-state index in [1.54, 1.807) is 0 Å². The molecule has 1 N–H and O–H groups in total. The van der Waals surface area contributed by atoms with Crippen molar-refractivity contribution in [1.29, 1.82) is 0 Å². The Morgan fingerprint density at radius 3 is 2.76 bits per heavy atom. The van der Waals surface area contributed by atoms with E-state index in [2.05, 4.69) is 47.5 Å². The normalized spacial score (nSPS) is 27.9. The quantitative estimate of drug-likeness (QED) is 0.830. The standard InChI is InChI=1S/C14H20N2O/c1-12-7-15-9-14(10-17-11-14)16(12)8-13-5-3-2-4-6-13/h2-6,12,15H,7-11H2,1H3/t12-/m0/s1. The smallest absolute Gasteiger partial charge is 0.0810 e. The van der Waals surface area contributed by atoms with Crippen molar-refractivity contribution in [3.05, 3.63) is 35.9 Å². The SMILES string of the molecule is C[C@H]1CNCC2(COC2)N1Cc1ccccc1. The Kier molecular flexibility index (Phi) is 2.90. The lowest BCUT2D eigenvalue weighted by molar-refractivity contribution is -0.165. The van der Waals surface area contributed by atoms with Crippen LogP contribution in [0.3, 0.4) is 0 Å². The lowest BCUT2D eigenvalue weighted by atomic mass is 9.89. The summed E-state index contributed by atoms with van der Waals surface area (Å²) in [5, 5.41) is 3.52. The number of nitrogens with one attached hydrogen (secondary N) is 1. The van der Waals surface area contributed by atoms with Crippen LogP contribution in [0.2, 0.25) is 0 Å². The Balaban J connectivity index is 1.79. The maximum absolute atomic E-state index is 5.45. The minimum atomic E-state index is 0.244. The van der Waals surface area contributed by atoms with Gasteiger partial charge in [0.15, 0.2) is 0 Å². The minimum absolute atomic E-state index is 0.244. The summed E-state index contributed by atoms with van der Waals surface area (Å²) in [6.07, 6.45) is 0. The van der Waals surface area contributed by atoms with Gasteiger partial charge in [0.1, 0.15) is 0 Å². The summed E-state index contributed by atoms with van der Waals surface area (Å²) in [7, 11) is 0. The van der Waals surface area contributed by atoms with Gasteiger partial charge in [0, 0.05) is 25.7 Å². The molecule has 2 saturated heterocycles. The maximum Gasteiger partial charge on any atom is 0.0810 e. The molecule has 1 aromatic carbocycles. The Morgan fingerprint density at radius 2 is 2.12 bits per heavy atom. The number of benzene rings is 1. The third kappa shape index (κ3) is 1.99. The minimum Gasteiger partial charge on any atom is -0.377 e. The summed E-state index contributed by atoms with van der Waals surface area (Å²) in [6, 6.07) is 11.3. The highest BCUT2D eigenvalue weighted by atomic mass is 16.5. The van der Waals surface area contributed by atoms with Crippen LogP contribution in [-0.4, -0.2) is 42.8 Å². The first-order valence-electron chi connectivity index (χ1n) is 6.39. The molecule has 0 unspecified atom stereocenters. The Bertz CT molecular complexity index is 375. The number of piperazine rings is 1. The van der Waals surface area contributed by atoms with Crippen molar-refractivity contribution >= 4 is 0 Å². The second kappa shape index (κ2) is 4.41. The molecule has 1 atom stereocenters. The second-order valence-electron chi connectivity index (χ2n) is 5.31. The molecule has 92 valence electrons. The van der Waals surface area contributed by atoms with Gasteiger partial charge < -0.3 is 10.1 Å². The predicted octanol–water partition coefficient (Wildman–Crippen LogP) is 1.25. The van der Waals surface area contributed by atoms with Gasteiger partial charge in [0.2, 0.25) is 0 Å². The van der Waals surface area contributed by atoms with Crippen molar-refractivity contribution in [3.63, 3.8) is 0 Å². The first-order valence-corrected chi connectivity index (χ1v) is 6.39. The summed E-state index contributed by atoms with van der Waals surface area (Å²) >= 11 is 0. The van der Waals surface area contributed by atoms with E-state index < -0.39 is 0 Å². The molecule has 2 fully saturated rings. The molecule has 3 rings (SSSR count). The second-order valence-corrected chi connectivity index (χ2v) is 5.31. The molecular weight excluding hydrogens is 212 g/mol. The van der Waals surface area contributed by atoms with E-state index >= 15 is 0 Å². The highest BCUT2D eigenvalue weighted by Gasteiger charge is 2.47. The monoisotopic (exact) mass is 232 g/mol. The van der Waals surface area contributed by atoms with Crippen molar-refractivity contribution in [2.75, 3.05) is 26.3 Å². The third-order valence-electron chi connectivity index (χ3n) is 3.97. The number of rotatable bonds is 2. The van der Waals surface area contributed by atoms with Gasteiger partial charge >= 0.3 is 0 Å². The largest absolute Gasteiger partial charge is 0.377 e. The van der Waals surface area contributed by atoms with Crippen LogP contribution in [0.25, 0.3) is 0 Å². The molecule has 0 amide bonds. The lowest BCUT2D eigenvalue weighted by Gasteiger charge is -2.55. The lowest BCUT2D eigenvalue weighted by Crippen LogP contribution is -2.72. The number of hydrogen-bond acceptors (Lipinski definition) is 3. The molecule has 2 aliphatic heterocycles. The summed E-state index contributed by atoms with van der Waals surface area (Å²) in [5.74, 6) is 0. The number of ether oxygens (including phenoxy) is 1. The first kappa shape index (κ1) is 11.2. The van der Waals surface area contributed by atoms with E-state index in [9.17, 15) is 0 Å². The molecule has 0 bridgehead atoms. The Labute approximate surface area is 103 Å². The van der Waals surface area contributed by atoms with E-state index in [0.29, 0.717) is 6.04 Å². The van der Waals surface area contributed by atoms with E-state index in [-0.39, 0.29) is 5.54 Å². The molecule has 2 heterocycles. The molecule has 0 aromatic heterocycles. The van der Waals surface area contributed by atoms with Crippen LogP contribution in [0, 0.1) is 0 Å². The molecule has 17 heavy (non-hydrogen) atoms. The number of hydrogen-bond donors (Lipinski definition) is 1. The van der Waals surface area contributed by atoms with Crippen LogP contribution in [0.15, 0.2) is 30.3 Å². The molecular formula is C14H20N2O. The van der Waals surface area contributed by atoms with Gasteiger partial charge in [-0.25, -0.2) is 0 Å². The van der Waals surface area contributed by atoms with Crippen LogP contribution in [0.1, 0.15) is 12.5 Å². The fourth-order valence-electron chi connectivity index (χ4n) is 2.90. The van der Waals surface area contributed by atoms with E-state index in [4.69, 9.17) is 4.74 Å². The van der Waals surface area contributed by atoms with Crippen molar-refractivity contribution in [3.8, 4) is 0 Å². The van der Waals surface area contributed by atoms with Crippen molar-refractivity contribution in [2.24, 2.45) is 0 Å². The van der Waals surface area contributed by atoms with Gasteiger partial charge in [-0.05, 0) is 12.5 Å². The van der Waals surface area contributed by atoms with Gasteiger partial charge in [-0.3, -0.25) is 4.90 Å². The maximum atomic E-state index is 5.45. The first-order chi connectivity index (χ1) is 8.30. The Hall–Kier alpha value is -0.900. The average Bonchev–Trinajstić information content (AvgIpc) is 2.31. The average molecular weight is 232 g/mol. The fraction of sp³-hybridized carbons (Fsp3) is 0.571. The van der Waals surface area contributed by atoms with E-state index in [0.717, 1.165) is 32.8 Å². The van der Waals surface area contributed by atoms with Crippen molar-refractivity contribution in [1.82, 2.24) is 10.2 Å². The van der Waals surface area contributed by atoms with E-state index in [1.807, 2.05) is 0 Å². The molecule has 1 aromatic rings. The predicted molar refractivity (Wildman–Crippen MR) is 67.9 cm³/mol. The zero-order valence-electron chi connectivity index (χ0n) is 10.4. The zero-order chi connectivity index (χ0) is 11.7. The van der Waals surface area contributed by atoms with Crippen LogP contribution < -0.4 is 5.32 Å². The molecule has 0 radical (unpaired) electrons. The summed E-state index contributed by atoms with van der Waals surface area (Å²) in [5.41, 5.74) is 1.64. The van der Waals surface area contributed by atoms with Gasteiger partial charge in [-0.1, -0.05) is 30.3 Å². The summed E-state index contributed by atoms with van der Waals surface area (Å²) < 4.78 is 5.45. The third-order valence-corrected chi connectivity index (χ3v) is 3.97.